The Morgan fingerprint density at radius 3 is 2.67 bits per heavy atom. The summed E-state index contributed by atoms with van der Waals surface area (Å²) < 4.78 is 32.0. The third-order valence-electron chi connectivity index (χ3n) is 4.99. The largest absolute Gasteiger partial charge is 0.487 e. The lowest BCUT2D eigenvalue weighted by atomic mass is 9.89. The Morgan fingerprint density at radius 2 is 2.00 bits per heavy atom. The number of nitrogens with one attached hydrogen (secondary N) is 1. The van der Waals surface area contributed by atoms with Crippen molar-refractivity contribution in [2.24, 2.45) is 0 Å². The minimum absolute atomic E-state index is 0.255. The molecule has 6 nitrogen and oxygen atoms in total. The molecule has 1 aliphatic rings. The van der Waals surface area contributed by atoms with Gasteiger partial charge in [0, 0.05) is 16.9 Å². The average molecular weight is 449 g/mol. The number of carbonyl (C=O) groups is 1. The number of sulfonamides is 1. The maximum atomic E-state index is 12.9. The lowest BCUT2D eigenvalue weighted by Gasteiger charge is -2.38. The molecule has 0 saturated heterocycles. The number of hydrogen-bond acceptors (Lipinski definition) is 5. The van der Waals surface area contributed by atoms with Crippen molar-refractivity contribution in [2.45, 2.75) is 43.7 Å². The number of fused-ring (bicyclic) bond motifs is 1. The Morgan fingerprint density at radius 1 is 1.27 bits per heavy atom. The van der Waals surface area contributed by atoms with E-state index in [0.717, 1.165) is 32.3 Å². The van der Waals surface area contributed by atoms with Crippen LogP contribution in [0.15, 0.2) is 47.4 Å². The summed E-state index contributed by atoms with van der Waals surface area (Å²) in [7, 11) is -3.63. The molecule has 0 bridgehead atoms. The van der Waals surface area contributed by atoms with Gasteiger partial charge in [0.2, 0.25) is 15.9 Å². The molecule has 0 unspecified atom stereocenters. The number of anilines is 1. The molecule has 0 aliphatic carbocycles. The van der Waals surface area contributed by atoms with Gasteiger partial charge in [-0.1, -0.05) is 23.8 Å². The van der Waals surface area contributed by atoms with Gasteiger partial charge in [-0.25, -0.2) is 8.42 Å². The maximum absolute atomic E-state index is 12.9. The van der Waals surface area contributed by atoms with Crippen molar-refractivity contribution >= 4 is 33.4 Å². The van der Waals surface area contributed by atoms with Gasteiger partial charge in [0.25, 0.3) is 0 Å². The molecule has 1 aliphatic heterocycles. The Labute approximate surface area is 183 Å². The first-order chi connectivity index (χ1) is 14.0. The molecular weight excluding hydrogens is 420 g/mol. The molecule has 2 aromatic carbocycles. The van der Waals surface area contributed by atoms with Gasteiger partial charge in [0.1, 0.15) is 17.9 Å². The molecule has 1 amide bonds. The van der Waals surface area contributed by atoms with Crippen molar-refractivity contribution in [3.05, 3.63) is 53.6 Å². The van der Waals surface area contributed by atoms with Gasteiger partial charge in [-0.05, 0) is 51.3 Å². The van der Waals surface area contributed by atoms with Gasteiger partial charge in [-0.15, -0.1) is 11.8 Å². The Kier molecular flexibility index (Phi) is 6.38. The quantitative estimate of drug-likeness (QED) is 0.679. The highest BCUT2D eigenvalue weighted by Crippen LogP contribution is 2.39. The molecule has 1 N–H and O–H groups in total. The number of aryl methyl sites for hydroxylation is 1. The lowest BCUT2D eigenvalue weighted by Crippen LogP contribution is -2.45. The molecule has 8 heteroatoms. The maximum Gasteiger partial charge on any atom is 0.241 e. The molecule has 0 aromatic heterocycles. The summed E-state index contributed by atoms with van der Waals surface area (Å²) in [6.07, 6.45) is 3.63. The van der Waals surface area contributed by atoms with Crippen LogP contribution >= 0.6 is 11.8 Å². The standard InChI is InChI=1S/C22H28N2O4S2/c1-15-9-10-20-18(11-15)19(13-22(2,3)28-20)23-21(25)14-24(30(5,26)27)16-7-6-8-17(12-16)29-4/h6-12,19H,13-14H2,1-5H3,(H,23,25)/t19-/m1/s1. The highest BCUT2D eigenvalue weighted by molar-refractivity contribution is 7.98. The second-order valence-corrected chi connectivity index (χ2v) is 11.0. The number of hydrogen-bond donors (Lipinski definition) is 1. The third kappa shape index (κ3) is 5.29. The molecule has 3 rings (SSSR count). The van der Waals surface area contributed by atoms with Crippen molar-refractivity contribution in [3.8, 4) is 5.75 Å². The van der Waals surface area contributed by atoms with Crippen LogP contribution < -0.4 is 14.4 Å². The van der Waals surface area contributed by atoms with E-state index in [0.29, 0.717) is 12.1 Å². The Bertz CT molecular complexity index is 1050. The zero-order valence-electron chi connectivity index (χ0n) is 17.9. The Balaban J connectivity index is 1.85. The van der Waals surface area contributed by atoms with E-state index in [1.807, 2.05) is 51.3 Å². The number of benzene rings is 2. The minimum atomic E-state index is -3.63. The summed E-state index contributed by atoms with van der Waals surface area (Å²) in [6, 6.07) is 12.8. The van der Waals surface area contributed by atoms with Crippen LogP contribution in [0.1, 0.15) is 37.4 Å². The molecular formula is C22H28N2O4S2. The number of thioether (sulfide) groups is 1. The van der Waals surface area contributed by atoms with Crippen LogP contribution in [0.2, 0.25) is 0 Å². The monoisotopic (exact) mass is 448 g/mol. The van der Waals surface area contributed by atoms with E-state index in [1.165, 1.54) is 11.8 Å². The topological polar surface area (TPSA) is 75.7 Å². The van der Waals surface area contributed by atoms with Gasteiger partial charge < -0.3 is 10.1 Å². The van der Waals surface area contributed by atoms with Crippen molar-refractivity contribution in [1.29, 1.82) is 0 Å². The van der Waals surface area contributed by atoms with Gasteiger partial charge in [0.15, 0.2) is 0 Å². The van der Waals surface area contributed by atoms with Crippen LogP contribution in [0.3, 0.4) is 0 Å². The lowest BCUT2D eigenvalue weighted by molar-refractivity contribution is -0.120. The summed E-state index contributed by atoms with van der Waals surface area (Å²) in [5.41, 5.74) is 2.02. The highest BCUT2D eigenvalue weighted by Gasteiger charge is 2.35. The van der Waals surface area contributed by atoms with Gasteiger partial charge in [0.05, 0.1) is 18.0 Å². The molecule has 2 aromatic rings. The second-order valence-electron chi connectivity index (χ2n) is 8.20. The number of ether oxygens (including phenoxy) is 1. The smallest absolute Gasteiger partial charge is 0.241 e. The van der Waals surface area contributed by atoms with Crippen LogP contribution in [0, 0.1) is 6.92 Å². The summed E-state index contributed by atoms with van der Waals surface area (Å²) in [6.45, 7) is 5.66. The van der Waals surface area contributed by atoms with Crippen molar-refractivity contribution in [3.63, 3.8) is 0 Å². The zero-order valence-corrected chi connectivity index (χ0v) is 19.6. The zero-order chi connectivity index (χ0) is 22.1. The van der Waals surface area contributed by atoms with E-state index in [9.17, 15) is 13.2 Å². The predicted octanol–water partition coefficient (Wildman–Crippen LogP) is 3.90. The van der Waals surface area contributed by atoms with Crippen molar-refractivity contribution < 1.29 is 17.9 Å². The fraction of sp³-hybridized carbons (Fsp3) is 0.409. The van der Waals surface area contributed by atoms with Gasteiger partial charge in [-0.3, -0.25) is 9.10 Å². The Hall–Kier alpha value is -2.19. The number of nitrogens with zero attached hydrogens (tertiary/aromatic N) is 1. The summed E-state index contributed by atoms with van der Waals surface area (Å²) in [5.74, 6) is 0.389. The molecule has 0 radical (unpaired) electrons. The van der Waals surface area contributed by atoms with Crippen LogP contribution in [-0.4, -0.2) is 39.0 Å². The molecule has 162 valence electrons. The van der Waals surface area contributed by atoms with Crippen molar-refractivity contribution in [2.75, 3.05) is 23.4 Å². The molecule has 30 heavy (non-hydrogen) atoms. The summed E-state index contributed by atoms with van der Waals surface area (Å²) in [5, 5.41) is 3.03. The molecule has 1 heterocycles. The first-order valence-corrected chi connectivity index (χ1v) is 12.8. The van der Waals surface area contributed by atoms with E-state index >= 15 is 0 Å². The van der Waals surface area contributed by atoms with E-state index < -0.39 is 15.6 Å². The molecule has 0 spiro atoms. The number of rotatable bonds is 6. The molecule has 0 fully saturated rings. The van der Waals surface area contributed by atoms with E-state index in [4.69, 9.17) is 4.74 Å². The normalized spacial score (nSPS) is 17.6. The SMILES string of the molecule is CSc1cccc(N(CC(=O)N[C@@H]2CC(C)(C)Oc3ccc(C)cc32)S(C)(=O)=O)c1. The molecule has 0 saturated carbocycles. The van der Waals surface area contributed by atoms with Crippen molar-refractivity contribution in [1.82, 2.24) is 5.32 Å². The molecule has 1 atom stereocenters. The minimum Gasteiger partial charge on any atom is -0.487 e. The van der Waals surface area contributed by atoms with Crippen LogP contribution in [-0.2, 0) is 14.8 Å². The third-order valence-corrected chi connectivity index (χ3v) is 6.85. The summed E-state index contributed by atoms with van der Waals surface area (Å²) in [4.78, 5) is 13.9. The fourth-order valence-electron chi connectivity index (χ4n) is 3.64. The fourth-order valence-corrected chi connectivity index (χ4v) is 4.94. The predicted molar refractivity (Wildman–Crippen MR) is 122 cm³/mol. The van der Waals surface area contributed by atoms with E-state index in [2.05, 4.69) is 5.32 Å². The van der Waals surface area contributed by atoms with Gasteiger partial charge >= 0.3 is 0 Å². The first kappa shape index (κ1) is 22.5. The number of amides is 1. The second kappa shape index (κ2) is 8.51. The average Bonchev–Trinajstić information content (AvgIpc) is 2.65. The van der Waals surface area contributed by atoms with Crippen LogP contribution in [0.5, 0.6) is 5.75 Å². The van der Waals surface area contributed by atoms with E-state index in [1.54, 1.807) is 18.2 Å². The van der Waals surface area contributed by atoms with E-state index in [-0.39, 0.29) is 18.5 Å². The summed E-state index contributed by atoms with van der Waals surface area (Å²) >= 11 is 1.52. The highest BCUT2D eigenvalue weighted by atomic mass is 32.2. The van der Waals surface area contributed by atoms with Crippen LogP contribution in [0.4, 0.5) is 5.69 Å². The number of carbonyl (C=O) groups excluding carboxylic acids is 1. The first-order valence-electron chi connectivity index (χ1n) is 9.69. The van der Waals surface area contributed by atoms with Crippen LogP contribution in [0.25, 0.3) is 0 Å². The van der Waals surface area contributed by atoms with Gasteiger partial charge in [-0.2, -0.15) is 0 Å².